The van der Waals surface area contributed by atoms with E-state index in [1.807, 2.05) is 0 Å². The van der Waals surface area contributed by atoms with Crippen molar-refractivity contribution in [3.8, 4) is 0 Å². The Labute approximate surface area is 241 Å². The molecular formula is C35H62O4. The summed E-state index contributed by atoms with van der Waals surface area (Å²) in [6.45, 7) is 15.0. The van der Waals surface area contributed by atoms with Crippen LogP contribution < -0.4 is 0 Å². The van der Waals surface area contributed by atoms with Crippen molar-refractivity contribution in [3.63, 3.8) is 0 Å². The Morgan fingerprint density at radius 1 is 0.513 bits per heavy atom. The fraction of sp³-hybridized carbons (Fsp3) is 0.943. The van der Waals surface area contributed by atoms with Crippen LogP contribution in [0.25, 0.3) is 0 Å². The van der Waals surface area contributed by atoms with Crippen LogP contribution in [0.15, 0.2) is 0 Å². The molecule has 0 amide bonds. The summed E-state index contributed by atoms with van der Waals surface area (Å²) in [5.41, 5.74) is 0. The molecular weight excluding hydrogens is 484 g/mol. The van der Waals surface area contributed by atoms with Crippen LogP contribution in [0.4, 0.5) is 0 Å². The summed E-state index contributed by atoms with van der Waals surface area (Å²) >= 11 is 0. The predicted molar refractivity (Wildman–Crippen MR) is 160 cm³/mol. The van der Waals surface area contributed by atoms with Crippen molar-refractivity contribution in [3.05, 3.63) is 0 Å². The van der Waals surface area contributed by atoms with Gasteiger partial charge in [0, 0.05) is 0 Å². The van der Waals surface area contributed by atoms with Crippen LogP contribution in [0.2, 0.25) is 0 Å². The van der Waals surface area contributed by atoms with E-state index in [0.29, 0.717) is 36.9 Å². The number of hydrogen-bond donors (Lipinski definition) is 0. The summed E-state index contributed by atoms with van der Waals surface area (Å²) in [6, 6.07) is 0. The lowest BCUT2D eigenvalue weighted by atomic mass is 9.76. The minimum Gasteiger partial charge on any atom is -0.465 e. The van der Waals surface area contributed by atoms with Crippen molar-refractivity contribution < 1.29 is 19.1 Å². The standard InChI is InChI=1S/C20H36O2.C15H26O2/c1-4-5-6-7-8-9-10-11-12-22-20(21)19-14-17-13-18(19)16(3)15(17)2;1-4-5-6-7-17-15(16)14-9-12-8-13(14)11(3)10(12)2/h15-19H,4-14H2,1-3H3;10-14H,4-9H2,1-3H3. The molecule has 0 aromatic heterocycles. The fourth-order valence-corrected chi connectivity index (χ4v) is 8.57. The van der Waals surface area contributed by atoms with Gasteiger partial charge in [-0.1, -0.05) is 99.3 Å². The van der Waals surface area contributed by atoms with Crippen molar-refractivity contribution >= 4 is 11.9 Å². The number of esters is 2. The molecule has 0 spiro atoms. The normalized spacial score (nSPS) is 36.1. The minimum atomic E-state index is 0.0901. The van der Waals surface area contributed by atoms with E-state index in [-0.39, 0.29) is 23.8 Å². The lowest BCUT2D eigenvalue weighted by Crippen LogP contribution is -2.31. The van der Waals surface area contributed by atoms with E-state index in [2.05, 4.69) is 41.5 Å². The van der Waals surface area contributed by atoms with E-state index in [1.165, 1.54) is 64.2 Å². The van der Waals surface area contributed by atoms with Gasteiger partial charge in [0.25, 0.3) is 0 Å². The quantitative estimate of drug-likeness (QED) is 0.152. The Hall–Kier alpha value is -1.06. The van der Waals surface area contributed by atoms with Gasteiger partial charge >= 0.3 is 11.9 Å². The number of unbranched alkanes of at least 4 members (excludes halogenated alkanes) is 9. The zero-order chi connectivity index (χ0) is 28.4. The van der Waals surface area contributed by atoms with Gasteiger partial charge in [-0.2, -0.15) is 0 Å². The first-order valence-electron chi connectivity index (χ1n) is 17.1. The number of rotatable bonds is 15. The predicted octanol–water partition coefficient (Wildman–Crippen LogP) is 9.25. The molecule has 10 atom stereocenters. The van der Waals surface area contributed by atoms with Gasteiger partial charge in [0.05, 0.1) is 25.0 Å². The molecule has 0 saturated heterocycles. The van der Waals surface area contributed by atoms with E-state index in [9.17, 15) is 9.59 Å². The van der Waals surface area contributed by atoms with Gasteiger partial charge in [-0.25, -0.2) is 0 Å². The molecule has 4 bridgehead atoms. The molecule has 0 heterocycles. The summed E-state index contributed by atoms with van der Waals surface area (Å²) in [7, 11) is 0. The van der Waals surface area contributed by atoms with Crippen molar-refractivity contribution in [2.45, 2.75) is 138 Å². The molecule has 0 aliphatic heterocycles. The van der Waals surface area contributed by atoms with Crippen LogP contribution in [0.1, 0.15) is 138 Å². The first-order chi connectivity index (χ1) is 18.8. The average Bonchev–Trinajstić information content (AvgIpc) is 3.69. The van der Waals surface area contributed by atoms with Gasteiger partial charge in [-0.05, 0) is 85.9 Å². The number of carbonyl (C=O) groups is 2. The Morgan fingerprint density at radius 3 is 1.26 bits per heavy atom. The molecule has 0 radical (unpaired) electrons. The zero-order valence-corrected chi connectivity index (χ0v) is 26.4. The molecule has 10 unspecified atom stereocenters. The van der Waals surface area contributed by atoms with E-state index >= 15 is 0 Å². The molecule has 4 aliphatic carbocycles. The van der Waals surface area contributed by atoms with Crippen LogP contribution in [-0.2, 0) is 19.1 Å². The SMILES string of the molecule is CCCCCCCCCCOC(=O)C1CC2CC1C(C)C2C.CCCCCOC(=O)C1CC2CC1C(C)C2C. The summed E-state index contributed by atoms with van der Waals surface area (Å²) in [5.74, 6) is 6.43. The number of ether oxygens (including phenoxy) is 2. The number of fused-ring (bicyclic) bond motifs is 4. The summed E-state index contributed by atoms with van der Waals surface area (Å²) in [4.78, 5) is 24.3. The summed E-state index contributed by atoms with van der Waals surface area (Å²) in [6.07, 6.45) is 18.4. The molecule has 4 aliphatic rings. The monoisotopic (exact) mass is 546 g/mol. The molecule has 4 saturated carbocycles. The molecule has 226 valence electrons. The van der Waals surface area contributed by atoms with E-state index in [4.69, 9.17) is 9.47 Å². The van der Waals surface area contributed by atoms with Gasteiger partial charge < -0.3 is 9.47 Å². The molecule has 4 fully saturated rings. The van der Waals surface area contributed by atoms with Crippen molar-refractivity contribution in [1.82, 2.24) is 0 Å². The second-order valence-electron chi connectivity index (χ2n) is 14.0. The lowest BCUT2D eigenvalue weighted by molar-refractivity contribution is -0.152. The highest BCUT2D eigenvalue weighted by atomic mass is 16.5. The maximum atomic E-state index is 12.3. The maximum Gasteiger partial charge on any atom is 0.309 e. The van der Waals surface area contributed by atoms with Crippen molar-refractivity contribution in [1.29, 1.82) is 0 Å². The van der Waals surface area contributed by atoms with Gasteiger partial charge in [0.2, 0.25) is 0 Å². The molecule has 39 heavy (non-hydrogen) atoms. The third-order valence-corrected chi connectivity index (χ3v) is 11.6. The van der Waals surface area contributed by atoms with Gasteiger partial charge in [0.15, 0.2) is 0 Å². The Bertz CT molecular complexity index is 730. The molecule has 0 aromatic carbocycles. The summed E-state index contributed by atoms with van der Waals surface area (Å²) < 4.78 is 11.0. The topological polar surface area (TPSA) is 52.6 Å². The molecule has 0 aromatic rings. The smallest absolute Gasteiger partial charge is 0.309 e. The average molecular weight is 547 g/mol. The second-order valence-corrected chi connectivity index (χ2v) is 14.0. The third-order valence-electron chi connectivity index (χ3n) is 11.6. The Balaban J connectivity index is 0.000000223. The highest BCUT2D eigenvalue weighted by molar-refractivity contribution is 5.74. The van der Waals surface area contributed by atoms with E-state index in [1.54, 1.807) is 0 Å². The Morgan fingerprint density at radius 2 is 0.872 bits per heavy atom. The van der Waals surface area contributed by atoms with Crippen LogP contribution in [-0.4, -0.2) is 25.2 Å². The first-order valence-corrected chi connectivity index (χ1v) is 17.1. The highest BCUT2D eigenvalue weighted by Crippen LogP contribution is 2.56. The largest absolute Gasteiger partial charge is 0.465 e. The molecule has 4 heteroatoms. The van der Waals surface area contributed by atoms with Gasteiger partial charge in [-0.15, -0.1) is 0 Å². The number of carbonyl (C=O) groups excluding carboxylic acids is 2. The van der Waals surface area contributed by atoms with Crippen LogP contribution in [0.3, 0.4) is 0 Å². The lowest BCUT2D eigenvalue weighted by Gasteiger charge is -2.30. The van der Waals surface area contributed by atoms with E-state index < -0.39 is 0 Å². The Kier molecular flexibility index (Phi) is 13.6. The summed E-state index contributed by atoms with van der Waals surface area (Å²) in [5, 5.41) is 0. The van der Waals surface area contributed by atoms with Crippen LogP contribution >= 0.6 is 0 Å². The van der Waals surface area contributed by atoms with Crippen molar-refractivity contribution in [2.24, 2.45) is 59.2 Å². The van der Waals surface area contributed by atoms with Crippen molar-refractivity contribution in [2.75, 3.05) is 13.2 Å². The van der Waals surface area contributed by atoms with Crippen LogP contribution in [0, 0.1) is 59.2 Å². The van der Waals surface area contributed by atoms with Gasteiger partial charge in [0.1, 0.15) is 0 Å². The maximum absolute atomic E-state index is 12.3. The van der Waals surface area contributed by atoms with E-state index in [0.717, 1.165) is 55.8 Å². The minimum absolute atomic E-state index is 0.0901. The molecule has 0 N–H and O–H groups in total. The zero-order valence-electron chi connectivity index (χ0n) is 26.4. The highest BCUT2D eigenvalue weighted by Gasteiger charge is 2.52. The van der Waals surface area contributed by atoms with Crippen LogP contribution in [0.5, 0.6) is 0 Å². The second kappa shape index (κ2) is 16.4. The molecule has 4 rings (SSSR count). The first kappa shape index (κ1) is 32.5. The third kappa shape index (κ3) is 8.71. The fourth-order valence-electron chi connectivity index (χ4n) is 8.57. The molecule has 4 nitrogen and oxygen atoms in total. The number of hydrogen-bond acceptors (Lipinski definition) is 4. The van der Waals surface area contributed by atoms with Gasteiger partial charge in [-0.3, -0.25) is 9.59 Å².